The van der Waals surface area contributed by atoms with Crippen LogP contribution < -0.4 is 10.2 Å². The second-order valence-electron chi connectivity index (χ2n) is 4.23. The van der Waals surface area contributed by atoms with Crippen molar-refractivity contribution in [3.63, 3.8) is 0 Å². The van der Waals surface area contributed by atoms with E-state index in [-0.39, 0.29) is 12.1 Å². The van der Waals surface area contributed by atoms with E-state index in [2.05, 4.69) is 25.2 Å². The van der Waals surface area contributed by atoms with Crippen molar-refractivity contribution in [2.75, 3.05) is 17.2 Å². The molecular formula is C13H18N2OS. The fraction of sp³-hybridized carbons (Fsp3) is 0.462. The van der Waals surface area contributed by atoms with Gasteiger partial charge in [-0.15, -0.1) is 11.8 Å². The van der Waals surface area contributed by atoms with Gasteiger partial charge < -0.3 is 5.32 Å². The number of nitrogens with one attached hydrogen (secondary N) is 1. The number of para-hydroxylation sites is 1. The van der Waals surface area contributed by atoms with Crippen LogP contribution in [0.15, 0.2) is 29.2 Å². The molecule has 0 aliphatic carbocycles. The first-order valence-corrected chi connectivity index (χ1v) is 7.01. The molecule has 1 aliphatic heterocycles. The van der Waals surface area contributed by atoms with Crippen LogP contribution in [0.25, 0.3) is 0 Å². The van der Waals surface area contributed by atoms with Gasteiger partial charge >= 0.3 is 6.03 Å². The number of carbonyl (C=O) groups excluding carboxylic acids is 1. The third kappa shape index (κ3) is 2.57. The number of urea groups is 1. The van der Waals surface area contributed by atoms with Crippen LogP contribution in [-0.2, 0) is 0 Å². The Morgan fingerprint density at radius 3 is 3.06 bits per heavy atom. The zero-order chi connectivity index (χ0) is 12.3. The fourth-order valence-corrected chi connectivity index (χ4v) is 2.99. The van der Waals surface area contributed by atoms with Crippen LogP contribution in [0.4, 0.5) is 10.5 Å². The summed E-state index contributed by atoms with van der Waals surface area (Å²) in [6, 6.07) is 8.36. The van der Waals surface area contributed by atoms with E-state index in [1.54, 1.807) is 0 Å². The summed E-state index contributed by atoms with van der Waals surface area (Å²) < 4.78 is 0. The van der Waals surface area contributed by atoms with Crippen molar-refractivity contribution in [1.29, 1.82) is 0 Å². The highest BCUT2D eigenvalue weighted by atomic mass is 32.2. The van der Waals surface area contributed by atoms with Crippen molar-refractivity contribution in [3.8, 4) is 0 Å². The molecule has 1 heterocycles. The van der Waals surface area contributed by atoms with Crippen molar-refractivity contribution in [2.24, 2.45) is 0 Å². The predicted molar refractivity (Wildman–Crippen MR) is 72.8 cm³/mol. The van der Waals surface area contributed by atoms with Crippen molar-refractivity contribution in [2.45, 2.75) is 31.2 Å². The molecule has 92 valence electrons. The monoisotopic (exact) mass is 250 g/mol. The molecule has 1 atom stereocenters. The number of rotatable bonds is 2. The summed E-state index contributed by atoms with van der Waals surface area (Å²) in [5, 5.41) is 2.95. The second kappa shape index (κ2) is 5.45. The molecule has 2 rings (SSSR count). The Labute approximate surface area is 107 Å². The van der Waals surface area contributed by atoms with Crippen molar-refractivity contribution >= 4 is 23.5 Å². The number of benzene rings is 1. The van der Waals surface area contributed by atoms with Crippen LogP contribution in [0.5, 0.6) is 0 Å². The molecule has 0 radical (unpaired) electrons. The number of hydrogen-bond acceptors (Lipinski definition) is 2. The van der Waals surface area contributed by atoms with Gasteiger partial charge in [-0.1, -0.05) is 19.1 Å². The molecule has 0 aromatic heterocycles. The lowest BCUT2D eigenvalue weighted by molar-refractivity contribution is 0.244. The zero-order valence-electron chi connectivity index (χ0n) is 10.3. The fourth-order valence-electron chi connectivity index (χ4n) is 1.93. The molecule has 1 unspecified atom stereocenters. The van der Waals surface area contributed by atoms with Crippen LogP contribution in [0.1, 0.15) is 20.3 Å². The molecule has 0 fully saturated rings. The van der Waals surface area contributed by atoms with Gasteiger partial charge in [-0.3, -0.25) is 4.90 Å². The maximum Gasteiger partial charge on any atom is 0.322 e. The van der Waals surface area contributed by atoms with Crippen LogP contribution in [0.3, 0.4) is 0 Å². The third-order valence-electron chi connectivity index (χ3n) is 2.79. The quantitative estimate of drug-likeness (QED) is 0.874. The second-order valence-corrected chi connectivity index (χ2v) is 5.29. The molecule has 1 N–H and O–H groups in total. The number of carbonyl (C=O) groups is 1. The molecule has 0 saturated heterocycles. The highest BCUT2D eigenvalue weighted by Gasteiger charge is 2.27. The van der Waals surface area contributed by atoms with E-state index in [1.807, 2.05) is 34.9 Å². The minimum absolute atomic E-state index is 0.0205. The predicted octanol–water partition coefficient (Wildman–Crippen LogP) is 3.11. The van der Waals surface area contributed by atoms with E-state index in [0.717, 1.165) is 24.4 Å². The topological polar surface area (TPSA) is 32.3 Å². The SMILES string of the molecule is CCCNC(=O)N1c2ccccc2SCC1C. The van der Waals surface area contributed by atoms with Gasteiger partial charge in [0.25, 0.3) is 0 Å². The van der Waals surface area contributed by atoms with Crippen LogP contribution in [0, 0.1) is 0 Å². The lowest BCUT2D eigenvalue weighted by atomic mass is 10.2. The van der Waals surface area contributed by atoms with Crippen molar-refractivity contribution < 1.29 is 4.79 Å². The molecule has 3 nitrogen and oxygen atoms in total. The molecule has 2 amide bonds. The normalized spacial score (nSPS) is 18.7. The molecule has 0 bridgehead atoms. The molecule has 4 heteroatoms. The first kappa shape index (κ1) is 12.3. The summed E-state index contributed by atoms with van der Waals surface area (Å²) >= 11 is 1.82. The van der Waals surface area contributed by atoms with Gasteiger partial charge in [0.1, 0.15) is 0 Å². The van der Waals surface area contributed by atoms with Crippen LogP contribution in [0.2, 0.25) is 0 Å². The van der Waals surface area contributed by atoms with Gasteiger partial charge in [0, 0.05) is 23.2 Å². The van der Waals surface area contributed by atoms with Gasteiger partial charge in [-0.25, -0.2) is 4.79 Å². The molecule has 0 saturated carbocycles. The van der Waals surface area contributed by atoms with Gasteiger partial charge in [0.15, 0.2) is 0 Å². The molecular weight excluding hydrogens is 232 g/mol. The Kier molecular flexibility index (Phi) is 3.94. The maximum absolute atomic E-state index is 12.1. The zero-order valence-corrected chi connectivity index (χ0v) is 11.1. The Balaban J connectivity index is 2.23. The summed E-state index contributed by atoms with van der Waals surface area (Å²) in [4.78, 5) is 15.2. The van der Waals surface area contributed by atoms with Crippen molar-refractivity contribution in [3.05, 3.63) is 24.3 Å². The standard InChI is InChI=1S/C13H18N2OS/c1-3-8-14-13(16)15-10(2)9-17-12-7-5-4-6-11(12)15/h4-7,10H,3,8-9H2,1-2H3,(H,14,16). The number of thioether (sulfide) groups is 1. The number of amides is 2. The van der Waals surface area contributed by atoms with Gasteiger partial charge in [-0.2, -0.15) is 0 Å². The third-order valence-corrected chi connectivity index (χ3v) is 4.10. The number of nitrogens with zero attached hydrogens (tertiary/aromatic N) is 1. The minimum Gasteiger partial charge on any atom is -0.338 e. The summed E-state index contributed by atoms with van der Waals surface area (Å²) in [5.41, 5.74) is 1.03. The van der Waals surface area contributed by atoms with E-state index < -0.39 is 0 Å². The first-order valence-electron chi connectivity index (χ1n) is 6.03. The van der Waals surface area contributed by atoms with Gasteiger partial charge in [0.2, 0.25) is 0 Å². The molecule has 1 aliphatic rings. The smallest absolute Gasteiger partial charge is 0.322 e. The van der Waals surface area contributed by atoms with Crippen LogP contribution >= 0.6 is 11.8 Å². The van der Waals surface area contributed by atoms with E-state index in [1.165, 1.54) is 4.90 Å². The Morgan fingerprint density at radius 1 is 1.53 bits per heavy atom. The Hall–Kier alpha value is -1.16. The molecule has 0 spiro atoms. The number of hydrogen-bond donors (Lipinski definition) is 1. The van der Waals surface area contributed by atoms with E-state index in [9.17, 15) is 4.79 Å². The maximum atomic E-state index is 12.1. The summed E-state index contributed by atoms with van der Waals surface area (Å²) in [6.07, 6.45) is 0.963. The number of anilines is 1. The van der Waals surface area contributed by atoms with E-state index >= 15 is 0 Å². The Bertz CT molecular complexity index is 408. The largest absolute Gasteiger partial charge is 0.338 e. The average Bonchev–Trinajstić information content (AvgIpc) is 2.35. The lowest BCUT2D eigenvalue weighted by Gasteiger charge is -2.34. The van der Waals surface area contributed by atoms with Crippen molar-refractivity contribution in [1.82, 2.24) is 5.32 Å². The highest BCUT2D eigenvalue weighted by molar-refractivity contribution is 7.99. The minimum atomic E-state index is 0.0205. The van der Waals surface area contributed by atoms with E-state index in [0.29, 0.717) is 0 Å². The van der Waals surface area contributed by atoms with Crippen LogP contribution in [-0.4, -0.2) is 24.4 Å². The molecule has 1 aromatic carbocycles. The molecule has 17 heavy (non-hydrogen) atoms. The number of fused-ring (bicyclic) bond motifs is 1. The first-order chi connectivity index (χ1) is 8.24. The molecule has 1 aromatic rings. The van der Waals surface area contributed by atoms with E-state index in [4.69, 9.17) is 0 Å². The highest BCUT2D eigenvalue weighted by Crippen LogP contribution is 2.36. The average molecular weight is 250 g/mol. The summed E-state index contributed by atoms with van der Waals surface area (Å²) in [7, 11) is 0. The summed E-state index contributed by atoms with van der Waals surface area (Å²) in [6.45, 7) is 4.88. The lowest BCUT2D eigenvalue weighted by Crippen LogP contribution is -2.48. The van der Waals surface area contributed by atoms with Gasteiger partial charge in [-0.05, 0) is 25.5 Å². The Morgan fingerprint density at radius 2 is 2.29 bits per heavy atom. The van der Waals surface area contributed by atoms with Gasteiger partial charge in [0.05, 0.1) is 5.69 Å². The summed E-state index contributed by atoms with van der Waals surface area (Å²) in [5.74, 6) is 0.955.